The van der Waals surface area contributed by atoms with Gasteiger partial charge in [0.25, 0.3) is 5.91 Å². The summed E-state index contributed by atoms with van der Waals surface area (Å²) in [6.45, 7) is 1.59. The van der Waals surface area contributed by atoms with Gasteiger partial charge in [0.05, 0.1) is 0 Å². The molecule has 22 heavy (non-hydrogen) atoms. The molecule has 0 spiro atoms. The maximum atomic E-state index is 11.9. The Bertz CT molecular complexity index is 647. The van der Waals surface area contributed by atoms with Crippen LogP contribution in [0.25, 0.3) is 0 Å². The zero-order chi connectivity index (χ0) is 15.9. The molecule has 1 aromatic heterocycles. The summed E-state index contributed by atoms with van der Waals surface area (Å²) in [5, 5.41) is 13.5. The number of nitrogens with zero attached hydrogens (tertiary/aromatic N) is 4. The zero-order valence-electron chi connectivity index (χ0n) is 11.8. The number of halogens is 1. The smallest absolute Gasteiger partial charge is 0.328 e. The normalized spacial score (nSPS) is 11.7. The van der Waals surface area contributed by atoms with E-state index in [0.717, 1.165) is 5.56 Å². The maximum absolute atomic E-state index is 11.9. The van der Waals surface area contributed by atoms with Crippen LogP contribution in [0.15, 0.2) is 30.6 Å². The van der Waals surface area contributed by atoms with E-state index in [0.29, 0.717) is 5.02 Å². The van der Waals surface area contributed by atoms with Gasteiger partial charge < -0.3 is 10.1 Å². The predicted molar refractivity (Wildman–Crippen MR) is 76.7 cm³/mol. The summed E-state index contributed by atoms with van der Waals surface area (Å²) in [4.78, 5) is 23.5. The molecule has 8 nitrogen and oxygen atoms in total. The average molecular weight is 324 g/mol. The summed E-state index contributed by atoms with van der Waals surface area (Å²) in [6, 6.07) is 7.16. The SMILES string of the molecule is C[C@H](OC(=O)Cn1cnnn1)C(=O)NCc1ccccc1Cl. The van der Waals surface area contributed by atoms with Crippen molar-refractivity contribution in [3.63, 3.8) is 0 Å². The lowest BCUT2D eigenvalue weighted by atomic mass is 10.2. The van der Waals surface area contributed by atoms with Gasteiger partial charge in [-0.2, -0.15) is 0 Å². The minimum Gasteiger partial charge on any atom is -0.451 e. The van der Waals surface area contributed by atoms with Gasteiger partial charge in [0, 0.05) is 11.6 Å². The van der Waals surface area contributed by atoms with Crippen molar-refractivity contribution in [2.45, 2.75) is 26.1 Å². The third-order valence-electron chi connectivity index (χ3n) is 2.77. The number of carbonyl (C=O) groups excluding carboxylic acids is 2. The van der Waals surface area contributed by atoms with Crippen LogP contribution in [0, 0.1) is 0 Å². The van der Waals surface area contributed by atoms with Gasteiger partial charge in [0.15, 0.2) is 6.10 Å². The number of hydrogen-bond acceptors (Lipinski definition) is 6. The summed E-state index contributed by atoms with van der Waals surface area (Å²) in [7, 11) is 0. The Kier molecular flexibility index (Phi) is 5.42. The number of nitrogens with one attached hydrogen (secondary N) is 1. The number of benzene rings is 1. The molecule has 0 unspecified atom stereocenters. The first-order valence-electron chi connectivity index (χ1n) is 6.47. The van der Waals surface area contributed by atoms with Crippen molar-refractivity contribution in [3.05, 3.63) is 41.2 Å². The number of aromatic nitrogens is 4. The highest BCUT2D eigenvalue weighted by molar-refractivity contribution is 6.31. The first-order valence-corrected chi connectivity index (χ1v) is 6.85. The van der Waals surface area contributed by atoms with Crippen LogP contribution >= 0.6 is 11.6 Å². The quantitative estimate of drug-likeness (QED) is 0.780. The Labute approximate surface area is 131 Å². The Balaban J connectivity index is 1.79. The first-order chi connectivity index (χ1) is 10.6. The highest BCUT2D eigenvalue weighted by Gasteiger charge is 2.18. The number of amides is 1. The van der Waals surface area contributed by atoms with Crippen molar-refractivity contribution in [1.29, 1.82) is 0 Å². The minimum atomic E-state index is -0.925. The molecule has 1 atom stereocenters. The van der Waals surface area contributed by atoms with E-state index in [1.54, 1.807) is 18.2 Å². The van der Waals surface area contributed by atoms with Crippen LogP contribution in [0.4, 0.5) is 0 Å². The summed E-state index contributed by atoms with van der Waals surface area (Å²) >= 11 is 5.99. The Morgan fingerprint density at radius 3 is 2.86 bits per heavy atom. The lowest BCUT2D eigenvalue weighted by Gasteiger charge is -2.13. The van der Waals surface area contributed by atoms with E-state index in [1.165, 1.54) is 17.9 Å². The summed E-state index contributed by atoms with van der Waals surface area (Å²) in [6.07, 6.45) is 0.357. The van der Waals surface area contributed by atoms with E-state index >= 15 is 0 Å². The van der Waals surface area contributed by atoms with Crippen LogP contribution in [0.5, 0.6) is 0 Å². The van der Waals surface area contributed by atoms with Gasteiger partial charge >= 0.3 is 5.97 Å². The molecule has 0 aliphatic heterocycles. The standard InChI is InChI=1S/C13H14ClN5O3/c1-9(22-12(20)7-19-8-16-17-18-19)13(21)15-6-10-4-2-3-5-11(10)14/h2-5,8-9H,6-7H2,1H3,(H,15,21)/t9-/m0/s1. The molecule has 2 aromatic rings. The molecule has 0 fully saturated rings. The maximum Gasteiger partial charge on any atom is 0.328 e. The predicted octanol–water partition coefficient (Wildman–Crippen LogP) is 0.575. The van der Waals surface area contributed by atoms with Gasteiger partial charge in [-0.3, -0.25) is 9.59 Å². The number of esters is 1. The van der Waals surface area contributed by atoms with Crippen LogP contribution < -0.4 is 5.32 Å². The number of tetrazole rings is 1. The third kappa shape index (κ3) is 4.52. The van der Waals surface area contributed by atoms with Crippen molar-refractivity contribution in [1.82, 2.24) is 25.5 Å². The number of hydrogen-bond donors (Lipinski definition) is 1. The largest absolute Gasteiger partial charge is 0.451 e. The van der Waals surface area contributed by atoms with E-state index in [-0.39, 0.29) is 13.1 Å². The molecular weight excluding hydrogens is 310 g/mol. The summed E-state index contributed by atoms with van der Waals surface area (Å²) in [5.41, 5.74) is 0.782. The number of rotatable bonds is 6. The Morgan fingerprint density at radius 2 is 2.18 bits per heavy atom. The second-order valence-electron chi connectivity index (χ2n) is 4.45. The van der Waals surface area contributed by atoms with Crippen LogP contribution in [0.1, 0.15) is 12.5 Å². The molecule has 0 bridgehead atoms. The van der Waals surface area contributed by atoms with E-state index in [4.69, 9.17) is 16.3 Å². The van der Waals surface area contributed by atoms with Crippen molar-refractivity contribution in [2.75, 3.05) is 0 Å². The molecule has 1 aromatic carbocycles. The lowest BCUT2D eigenvalue weighted by Crippen LogP contribution is -2.36. The van der Waals surface area contributed by atoms with E-state index in [9.17, 15) is 9.59 Å². The lowest BCUT2D eigenvalue weighted by molar-refractivity contribution is -0.155. The van der Waals surface area contributed by atoms with Crippen molar-refractivity contribution >= 4 is 23.5 Å². The highest BCUT2D eigenvalue weighted by atomic mass is 35.5. The summed E-state index contributed by atoms with van der Waals surface area (Å²) < 4.78 is 6.21. The zero-order valence-corrected chi connectivity index (χ0v) is 12.5. The molecular formula is C13H14ClN5O3. The van der Waals surface area contributed by atoms with E-state index in [1.807, 2.05) is 6.07 Å². The van der Waals surface area contributed by atoms with Gasteiger partial charge in [-0.05, 0) is 29.0 Å². The molecule has 0 saturated carbocycles. The topological polar surface area (TPSA) is 99.0 Å². The van der Waals surface area contributed by atoms with Crippen molar-refractivity contribution in [2.24, 2.45) is 0 Å². The second kappa shape index (κ2) is 7.51. The second-order valence-corrected chi connectivity index (χ2v) is 4.86. The van der Waals surface area contributed by atoms with Crippen LogP contribution in [-0.2, 0) is 27.4 Å². The monoisotopic (exact) mass is 323 g/mol. The highest BCUT2D eigenvalue weighted by Crippen LogP contribution is 2.14. The van der Waals surface area contributed by atoms with Crippen LogP contribution in [0.3, 0.4) is 0 Å². The van der Waals surface area contributed by atoms with Crippen LogP contribution in [-0.4, -0.2) is 38.2 Å². The molecule has 116 valence electrons. The van der Waals surface area contributed by atoms with Gasteiger partial charge in [0.1, 0.15) is 12.9 Å². The van der Waals surface area contributed by atoms with Gasteiger partial charge in [-0.1, -0.05) is 29.8 Å². The fourth-order valence-electron chi connectivity index (χ4n) is 1.64. The molecule has 2 rings (SSSR count). The molecule has 0 saturated heterocycles. The number of ether oxygens (including phenoxy) is 1. The van der Waals surface area contributed by atoms with Crippen LogP contribution in [0.2, 0.25) is 5.02 Å². The molecule has 1 N–H and O–H groups in total. The molecule has 1 heterocycles. The Morgan fingerprint density at radius 1 is 1.41 bits per heavy atom. The fourth-order valence-corrected chi connectivity index (χ4v) is 1.84. The molecule has 0 radical (unpaired) electrons. The molecule has 1 amide bonds. The van der Waals surface area contributed by atoms with Crippen molar-refractivity contribution < 1.29 is 14.3 Å². The van der Waals surface area contributed by atoms with E-state index in [2.05, 4.69) is 20.8 Å². The first kappa shape index (κ1) is 15.9. The minimum absolute atomic E-state index is 0.158. The fraction of sp³-hybridized carbons (Fsp3) is 0.308. The van der Waals surface area contributed by atoms with E-state index < -0.39 is 18.0 Å². The number of carbonyl (C=O) groups is 2. The van der Waals surface area contributed by atoms with Gasteiger partial charge in [-0.15, -0.1) is 5.10 Å². The van der Waals surface area contributed by atoms with Gasteiger partial charge in [-0.25, -0.2) is 4.68 Å². The van der Waals surface area contributed by atoms with Gasteiger partial charge in [0.2, 0.25) is 0 Å². The Hall–Kier alpha value is -2.48. The third-order valence-corrected chi connectivity index (χ3v) is 3.14. The molecule has 0 aliphatic rings. The molecule has 0 aliphatic carbocycles. The average Bonchev–Trinajstić information content (AvgIpc) is 2.98. The van der Waals surface area contributed by atoms with Crippen molar-refractivity contribution in [3.8, 4) is 0 Å². The summed E-state index contributed by atoms with van der Waals surface area (Å²) in [5.74, 6) is -1.02. The molecule has 9 heteroatoms.